The molecule has 0 aromatic heterocycles. The summed E-state index contributed by atoms with van der Waals surface area (Å²) in [5, 5.41) is 87.6. The summed E-state index contributed by atoms with van der Waals surface area (Å²) in [6, 6.07) is -0.933. The Kier molecular flexibility index (Phi) is 56.4. The molecule has 2 rings (SSSR count). The average molecular weight is 1290 g/mol. The van der Waals surface area contributed by atoms with Crippen LogP contribution in [0.15, 0.2) is 109 Å². The quantitative estimate of drug-likeness (QED) is 0.0204. The van der Waals surface area contributed by atoms with Gasteiger partial charge in [0.15, 0.2) is 12.6 Å². The molecular weight excluding hydrogens is 1160 g/mol. The lowest BCUT2D eigenvalue weighted by Crippen LogP contribution is -2.65. The van der Waals surface area contributed by atoms with Crippen molar-refractivity contribution in [2.75, 3.05) is 19.8 Å². The molecule has 530 valence electrons. The number of rotatable bonds is 60. The number of allylic oxidation sites excluding steroid dienone is 17. The zero-order chi connectivity index (χ0) is 66.6. The van der Waals surface area contributed by atoms with E-state index in [0.717, 1.165) is 109 Å². The fourth-order valence-corrected chi connectivity index (χ4v) is 11.6. The first-order chi connectivity index (χ1) is 45.1. The van der Waals surface area contributed by atoms with Crippen LogP contribution >= 0.6 is 0 Å². The lowest BCUT2D eigenvalue weighted by atomic mass is 9.97. The molecule has 0 bridgehead atoms. The minimum atomic E-state index is -1.80. The van der Waals surface area contributed by atoms with Crippen molar-refractivity contribution in [2.45, 2.75) is 357 Å². The molecule has 2 aliphatic heterocycles. The third-order valence-electron chi connectivity index (χ3n) is 17.5. The predicted octanol–water partition coefficient (Wildman–Crippen LogP) is 15.9. The highest BCUT2D eigenvalue weighted by Crippen LogP contribution is 2.30. The van der Waals surface area contributed by atoms with E-state index in [1.807, 2.05) is 6.08 Å². The molecule has 12 atom stereocenters. The summed E-state index contributed by atoms with van der Waals surface area (Å²) in [5.74, 6) is -0.255. The molecule has 2 fully saturated rings. The van der Waals surface area contributed by atoms with Gasteiger partial charge >= 0.3 is 0 Å². The lowest BCUT2D eigenvalue weighted by molar-refractivity contribution is -0.359. The largest absolute Gasteiger partial charge is 0.394 e. The molecule has 92 heavy (non-hydrogen) atoms. The summed E-state index contributed by atoms with van der Waals surface area (Å²) >= 11 is 0. The normalized spacial score (nSPS) is 23.3. The Balaban J connectivity index is 1.69. The monoisotopic (exact) mass is 1290 g/mol. The standard InChI is InChI=1S/C78H135NO13/c1-3-5-7-9-11-13-15-17-19-21-23-25-27-29-31-32-33-34-36-38-40-42-44-46-48-50-52-54-56-58-60-62-70(83)79-66(65-89-77-75(88)73(86)76(69(64-81)91-77)92-78-74(87)72(85)71(84)68(63-80)90-78)67(82)61-59-57-55-53-51-49-47-45-43-41-39-37-35-30-28-26-24-22-20-18-16-14-12-10-8-6-4-2/h5,7,11,13,17,19,23,25,29,31,33-34,38,40,44,46,59,61,66-69,71-78,80-82,84-88H,3-4,6,8-10,12,14-16,18,20-22,24,26-28,30,32,35-37,39,41-43,45,47-58,60,62-65H2,1-2H3,(H,79,83)/b7-5-,13-11-,19-17-,25-23-,31-29-,34-33-,40-38-,46-44-,61-59+. The van der Waals surface area contributed by atoms with E-state index in [1.165, 1.54) is 148 Å². The molecule has 2 aliphatic rings. The number of ether oxygens (including phenoxy) is 4. The van der Waals surface area contributed by atoms with Gasteiger partial charge in [0.1, 0.15) is 48.8 Å². The first kappa shape index (κ1) is 84.7. The lowest BCUT2D eigenvalue weighted by Gasteiger charge is -2.46. The van der Waals surface area contributed by atoms with Gasteiger partial charge in [0.25, 0.3) is 0 Å². The number of aliphatic hydroxyl groups excluding tert-OH is 8. The van der Waals surface area contributed by atoms with E-state index in [0.29, 0.717) is 6.42 Å². The molecule has 2 saturated heterocycles. The number of carbonyl (C=O) groups is 1. The first-order valence-corrected chi connectivity index (χ1v) is 37.1. The topological polar surface area (TPSA) is 228 Å². The van der Waals surface area contributed by atoms with Crippen LogP contribution in [-0.4, -0.2) is 140 Å². The van der Waals surface area contributed by atoms with Crippen molar-refractivity contribution < 1.29 is 64.6 Å². The molecule has 2 heterocycles. The maximum absolute atomic E-state index is 13.4. The smallest absolute Gasteiger partial charge is 0.220 e. The summed E-state index contributed by atoms with van der Waals surface area (Å²) < 4.78 is 22.9. The van der Waals surface area contributed by atoms with Gasteiger partial charge in [0, 0.05) is 6.42 Å². The SMILES string of the molecule is CC/C=C\C/C=C\C/C=C\C/C=C\C/C=C\C/C=C\C/C=C\C/C=C\CCCCCCCCC(=O)NC(COC1OC(CO)C(OC2OC(CO)C(O)C(O)C2O)C(O)C1O)C(O)/C=C/CCCCCCCCCCCCCCCCCCCCCCCCCCC. The predicted molar refractivity (Wildman–Crippen MR) is 378 cm³/mol. The van der Waals surface area contributed by atoms with Crippen LogP contribution in [0.4, 0.5) is 0 Å². The number of hydrogen-bond donors (Lipinski definition) is 9. The highest BCUT2D eigenvalue weighted by Gasteiger charge is 2.51. The molecule has 0 radical (unpaired) electrons. The molecule has 12 unspecified atom stereocenters. The molecule has 0 spiro atoms. The Bertz CT molecular complexity index is 1960. The molecule has 0 aromatic carbocycles. The molecule has 0 aromatic rings. The maximum atomic E-state index is 13.4. The van der Waals surface area contributed by atoms with Crippen LogP contribution < -0.4 is 5.32 Å². The number of hydrogen-bond acceptors (Lipinski definition) is 13. The van der Waals surface area contributed by atoms with Crippen LogP contribution in [0.25, 0.3) is 0 Å². The van der Waals surface area contributed by atoms with Crippen LogP contribution in [0.2, 0.25) is 0 Å². The number of aliphatic hydroxyl groups is 8. The Morgan fingerprint density at radius 3 is 1.15 bits per heavy atom. The summed E-state index contributed by atoms with van der Waals surface area (Å²) in [5.41, 5.74) is 0. The molecule has 14 heteroatoms. The molecule has 1 amide bonds. The Morgan fingerprint density at radius 2 is 0.750 bits per heavy atom. The minimum absolute atomic E-state index is 0.255. The number of unbranched alkanes of at least 4 members (excludes halogenated alkanes) is 31. The third kappa shape index (κ3) is 44.4. The van der Waals surface area contributed by atoms with Gasteiger partial charge in [0.05, 0.1) is 32.0 Å². The van der Waals surface area contributed by atoms with Gasteiger partial charge in [-0.1, -0.05) is 303 Å². The van der Waals surface area contributed by atoms with Gasteiger partial charge in [-0.2, -0.15) is 0 Å². The van der Waals surface area contributed by atoms with E-state index in [4.69, 9.17) is 18.9 Å². The van der Waals surface area contributed by atoms with Gasteiger partial charge in [-0.05, 0) is 83.5 Å². The summed E-state index contributed by atoms with van der Waals surface area (Å²) in [7, 11) is 0. The number of nitrogens with one attached hydrogen (secondary N) is 1. The second-order valence-electron chi connectivity index (χ2n) is 25.7. The second kappa shape index (κ2) is 61.3. The highest BCUT2D eigenvalue weighted by molar-refractivity contribution is 5.76. The van der Waals surface area contributed by atoms with Crippen molar-refractivity contribution in [3.63, 3.8) is 0 Å². The second-order valence-corrected chi connectivity index (χ2v) is 25.7. The van der Waals surface area contributed by atoms with Crippen LogP contribution in [-0.2, 0) is 23.7 Å². The Hall–Kier alpha value is -3.35. The van der Waals surface area contributed by atoms with Crippen LogP contribution in [0.5, 0.6) is 0 Å². The molecule has 0 saturated carbocycles. The van der Waals surface area contributed by atoms with Gasteiger partial charge in [-0.15, -0.1) is 0 Å². The summed E-state index contributed by atoms with van der Waals surface area (Å²) in [4.78, 5) is 13.4. The average Bonchev–Trinajstić information content (AvgIpc) is 0.844. The molecular formula is C78H135NO13. The number of carbonyl (C=O) groups excluding carboxylic acids is 1. The highest BCUT2D eigenvalue weighted by atomic mass is 16.7. The van der Waals surface area contributed by atoms with Crippen molar-refractivity contribution in [3.05, 3.63) is 109 Å². The third-order valence-corrected chi connectivity index (χ3v) is 17.5. The Labute approximate surface area is 559 Å². The van der Waals surface area contributed by atoms with E-state index in [2.05, 4.69) is 116 Å². The van der Waals surface area contributed by atoms with E-state index < -0.39 is 86.8 Å². The van der Waals surface area contributed by atoms with E-state index in [-0.39, 0.29) is 18.9 Å². The van der Waals surface area contributed by atoms with Crippen molar-refractivity contribution in [1.29, 1.82) is 0 Å². The van der Waals surface area contributed by atoms with Crippen molar-refractivity contribution >= 4 is 5.91 Å². The van der Waals surface area contributed by atoms with E-state index in [1.54, 1.807) is 6.08 Å². The molecule has 9 N–H and O–H groups in total. The van der Waals surface area contributed by atoms with E-state index >= 15 is 0 Å². The summed E-state index contributed by atoms with van der Waals surface area (Å²) in [6.45, 7) is 2.70. The van der Waals surface area contributed by atoms with Crippen molar-refractivity contribution in [1.82, 2.24) is 5.32 Å². The van der Waals surface area contributed by atoms with Gasteiger partial charge in [0.2, 0.25) is 5.91 Å². The zero-order valence-corrected chi connectivity index (χ0v) is 57.8. The number of amides is 1. The van der Waals surface area contributed by atoms with Crippen LogP contribution in [0.1, 0.15) is 284 Å². The zero-order valence-electron chi connectivity index (χ0n) is 57.8. The van der Waals surface area contributed by atoms with Gasteiger partial charge in [-0.3, -0.25) is 4.79 Å². The van der Waals surface area contributed by atoms with Crippen LogP contribution in [0.3, 0.4) is 0 Å². The van der Waals surface area contributed by atoms with E-state index in [9.17, 15) is 45.6 Å². The molecule has 0 aliphatic carbocycles. The van der Waals surface area contributed by atoms with Crippen molar-refractivity contribution in [2.24, 2.45) is 0 Å². The fraction of sp³-hybridized carbons (Fsp3) is 0.756. The van der Waals surface area contributed by atoms with Gasteiger partial charge < -0.3 is 65.1 Å². The molecule has 14 nitrogen and oxygen atoms in total. The minimum Gasteiger partial charge on any atom is -0.394 e. The summed E-state index contributed by atoms with van der Waals surface area (Å²) in [6.07, 6.45) is 71.4. The fourth-order valence-electron chi connectivity index (χ4n) is 11.6. The van der Waals surface area contributed by atoms with Crippen LogP contribution in [0, 0.1) is 0 Å². The van der Waals surface area contributed by atoms with Crippen molar-refractivity contribution in [3.8, 4) is 0 Å². The van der Waals surface area contributed by atoms with Gasteiger partial charge in [-0.25, -0.2) is 0 Å². The maximum Gasteiger partial charge on any atom is 0.220 e. The Morgan fingerprint density at radius 1 is 0.402 bits per heavy atom. The first-order valence-electron chi connectivity index (χ1n) is 37.1.